The van der Waals surface area contributed by atoms with Crippen LogP contribution in [0.5, 0.6) is 0 Å². The molecule has 1 atom stereocenters. The molecule has 1 aromatic heterocycles. The second-order valence-electron chi connectivity index (χ2n) is 4.73. The minimum atomic E-state index is 0.0499. The maximum absolute atomic E-state index is 8.78. The number of nitrogens with zero attached hydrogens (tertiary/aromatic N) is 2. The third-order valence-electron chi connectivity index (χ3n) is 3.10. The largest absolute Gasteiger partial charge is 0.380 e. The summed E-state index contributed by atoms with van der Waals surface area (Å²) in [5.41, 5.74) is 1.60. The molecule has 1 aliphatic heterocycles. The number of pyridine rings is 1. The van der Waals surface area contributed by atoms with Gasteiger partial charge in [-0.1, -0.05) is 0 Å². The van der Waals surface area contributed by atoms with Crippen LogP contribution in [0.2, 0.25) is 0 Å². The monoisotopic (exact) mass is 231 g/mol. The van der Waals surface area contributed by atoms with E-state index in [9.17, 15) is 0 Å². The van der Waals surface area contributed by atoms with E-state index in [1.807, 2.05) is 12.1 Å². The highest BCUT2D eigenvalue weighted by Gasteiger charge is 2.26. The van der Waals surface area contributed by atoms with Gasteiger partial charge in [-0.15, -0.1) is 0 Å². The lowest BCUT2D eigenvalue weighted by Gasteiger charge is -2.34. The van der Waals surface area contributed by atoms with E-state index in [-0.39, 0.29) is 5.54 Å². The number of nitriles is 1. The molecule has 0 bridgehead atoms. The van der Waals surface area contributed by atoms with Gasteiger partial charge in [0.05, 0.1) is 6.61 Å². The number of rotatable bonds is 3. The Morgan fingerprint density at radius 3 is 3.24 bits per heavy atom. The molecule has 0 aromatic carbocycles. The van der Waals surface area contributed by atoms with Gasteiger partial charge in [0.25, 0.3) is 0 Å². The van der Waals surface area contributed by atoms with Crippen molar-refractivity contribution in [3.8, 4) is 6.07 Å². The van der Waals surface area contributed by atoms with Gasteiger partial charge in [0.2, 0.25) is 0 Å². The number of nitrogens with one attached hydrogen (secondary N) is 1. The zero-order valence-electron chi connectivity index (χ0n) is 10.1. The molecule has 17 heavy (non-hydrogen) atoms. The third-order valence-corrected chi connectivity index (χ3v) is 3.10. The molecule has 90 valence electrons. The van der Waals surface area contributed by atoms with Crippen LogP contribution in [-0.2, 0) is 11.3 Å². The number of hydrogen-bond donors (Lipinski definition) is 1. The topological polar surface area (TPSA) is 57.9 Å². The molecule has 1 saturated heterocycles. The van der Waals surface area contributed by atoms with Crippen LogP contribution in [0.1, 0.15) is 31.0 Å². The molecule has 2 heterocycles. The first-order valence-electron chi connectivity index (χ1n) is 5.90. The van der Waals surface area contributed by atoms with Gasteiger partial charge in [0, 0.05) is 24.9 Å². The van der Waals surface area contributed by atoms with Crippen LogP contribution < -0.4 is 5.32 Å². The van der Waals surface area contributed by atoms with Crippen molar-refractivity contribution >= 4 is 0 Å². The highest BCUT2D eigenvalue weighted by molar-refractivity contribution is 5.25. The molecule has 0 amide bonds. The van der Waals surface area contributed by atoms with Crippen LogP contribution >= 0.6 is 0 Å². The SMILES string of the molecule is CC1(NCc2ccnc(C#N)c2)CCCOC1. The van der Waals surface area contributed by atoms with E-state index in [0.29, 0.717) is 5.69 Å². The molecule has 0 aliphatic carbocycles. The quantitative estimate of drug-likeness (QED) is 0.858. The molecule has 1 fully saturated rings. The lowest BCUT2D eigenvalue weighted by atomic mass is 9.94. The van der Waals surface area contributed by atoms with Crippen LogP contribution in [0.4, 0.5) is 0 Å². The van der Waals surface area contributed by atoms with Crippen LogP contribution in [0.25, 0.3) is 0 Å². The predicted molar refractivity (Wildman–Crippen MR) is 64.2 cm³/mol. The molecule has 1 N–H and O–H groups in total. The fraction of sp³-hybridized carbons (Fsp3) is 0.538. The molecule has 2 rings (SSSR count). The standard InChI is InChI=1S/C13H17N3O/c1-13(4-2-6-17-10-13)16-9-11-3-5-15-12(7-11)8-14/h3,5,7,16H,2,4,6,9-10H2,1H3. The van der Waals surface area contributed by atoms with Gasteiger partial charge in [-0.05, 0) is 37.5 Å². The number of ether oxygens (including phenoxy) is 1. The van der Waals surface area contributed by atoms with E-state index in [1.165, 1.54) is 0 Å². The number of aromatic nitrogens is 1. The van der Waals surface area contributed by atoms with Gasteiger partial charge in [0.15, 0.2) is 0 Å². The summed E-state index contributed by atoms with van der Waals surface area (Å²) in [7, 11) is 0. The molecule has 0 spiro atoms. The van der Waals surface area contributed by atoms with Crippen molar-refractivity contribution in [3.05, 3.63) is 29.6 Å². The zero-order chi connectivity index (χ0) is 12.1. The molecular formula is C13H17N3O. The van der Waals surface area contributed by atoms with Crippen molar-refractivity contribution in [3.63, 3.8) is 0 Å². The van der Waals surface area contributed by atoms with Crippen molar-refractivity contribution in [1.82, 2.24) is 10.3 Å². The van der Waals surface area contributed by atoms with Crippen molar-refractivity contribution in [1.29, 1.82) is 5.26 Å². The van der Waals surface area contributed by atoms with E-state index in [2.05, 4.69) is 23.3 Å². The van der Waals surface area contributed by atoms with E-state index < -0.39 is 0 Å². The smallest absolute Gasteiger partial charge is 0.140 e. The molecule has 1 unspecified atom stereocenters. The highest BCUT2D eigenvalue weighted by atomic mass is 16.5. The van der Waals surface area contributed by atoms with E-state index in [1.54, 1.807) is 6.20 Å². The van der Waals surface area contributed by atoms with Gasteiger partial charge < -0.3 is 10.1 Å². The first-order chi connectivity index (χ1) is 8.22. The summed E-state index contributed by atoms with van der Waals surface area (Å²) >= 11 is 0. The van der Waals surface area contributed by atoms with Crippen molar-refractivity contribution in [2.75, 3.05) is 13.2 Å². The fourth-order valence-corrected chi connectivity index (χ4v) is 2.03. The van der Waals surface area contributed by atoms with Gasteiger partial charge in [-0.3, -0.25) is 0 Å². The first-order valence-corrected chi connectivity index (χ1v) is 5.90. The van der Waals surface area contributed by atoms with Crippen LogP contribution in [0.15, 0.2) is 18.3 Å². The predicted octanol–water partition coefficient (Wildman–Crippen LogP) is 1.61. The summed E-state index contributed by atoms with van der Waals surface area (Å²) in [5.74, 6) is 0. The highest BCUT2D eigenvalue weighted by Crippen LogP contribution is 2.18. The summed E-state index contributed by atoms with van der Waals surface area (Å²) in [6.07, 6.45) is 3.90. The van der Waals surface area contributed by atoms with E-state index in [0.717, 1.165) is 38.2 Å². The Hall–Kier alpha value is -1.44. The minimum absolute atomic E-state index is 0.0499. The van der Waals surface area contributed by atoms with Crippen molar-refractivity contribution in [2.24, 2.45) is 0 Å². The summed E-state index contributed by atoms with van der Waals surface area (Å²) in [5, 5.41) is 12.3. The second-order valence-corrected chi connectivity index (χ2v) is 4.73. The van der Waals surface area contributed by atoms with Gasteiger partial charge in [0.1, 0.15) is 11.8 Å². The number of hydrogen-bond acceptors (Lipinski definition) is 4. The molecule has 4 nitrogen and oxygen atoms in total. The van der Waals surface area contributed by atoms with E-state index >= 15 is 0 Å². The second kappa shape index (κ2) is 5.26. The summed E-state index contributed by atoms with van der Waals surface area (Å²) in [4.78, 5) is 3.96. The van der Waals surface area contributed by atoms with Gasteiger partial charge in [-0.25, -0.2) is 4.98 Å². The summed E-state index contributed by atoms with van der Waals surface area (Å²) in [6, 6.07) is 5.80. The maximum atomic E-state index is 8.78. The van der Waals surface area contributed by atoms with Crippen LogP contribution in [0, 0.1) is 11.3 Å². The Kier molecular flexibility index (Phi) is 3.72. The molecule has 0 radical (unpaired) electrons. The molecule has 1 aromatic rings. The van der Waals surface area contributed by atoms with Gasteiger partial charge in [-0.2, -0.15) is 5.26 Å². The maximum Gasteiger partial charge on any atom is 0.140 e. The third kappa shape index (κ3) is 3.26. The molecule has 4 heteroatoms. The lowest BCUT2D eigenvalue weighted by Crippen LogP contribution is -2.48. The zero-order valence-corrected chi connectivity index (χ0v) is 10.1. The first kappa shape index (κ1) is 12.0. The van der Waals surface area contributed by atoms with Gasteiger partial charge >= 0.3 is 0 Å². The fourth-order valence-electron chi connectivity index (χ4n) is 2.03. The summed E-state index contributed by atoms with van der Waals surface area (Å²) < 4.78 is 5.49. The van der Waals surface area contributed by atoms with Crippen LogP contribution in [0.3, 0.4) is 0 Å². The van der Waals surface area contributed by atoms with Crippen molar-refractivity contribution < 1.29 is 4.74 Å². The lowest BCUT2D eigenvalue weighted by molar-refractivity contribution is 0.0278. The average molecular weight is 231 g/mol. The molecule has 1 aliphatic rings. The van der Waals surface area contributed by atoms with Crippen LogP contribution in [-0.4, -0.2) is 23.7 Å². The minimum Gasteiger partial charge on any atom is -0.380 e. The Morgan fingerprint density at radius 2 is 2.53 bits per heavy atom. The Balaban J connectivity index is 1.95. The normalized spacial score (nSPS) is 24.2. The molecule has 0 saturated carbocycles. The average Bonchev–Trinajstić information content (AvgIpc) is 2.38. The Bertz CT molecular complexity index is 419. The molecular weight excluding hydrogens is 214 g/mol. The Morgan fingerprint density at radius 1 is 1.65 bits per heavy atom. The van der Waals surface area contributed by atoms with E-state index in [4.69, 9.17) is 10.00 Å². The summed E-state index contributed by atoms with van der Waals surface area (Å²) in [6.45, 7) is 4.55. The Labute approximate surface area is 102 Å². The van der Waals surface area contributed by atoms with Crippen molar-refractivity contribution in [2.45, 2.75) is 31.8 Å².